The number of Topliss-reactive ketones (excluding diaryl/α,β-unsaturated/α-hetero) is 2. The zero-order chi connectivity index (χ0) is 13.3. The van der Waals surface area contributed by atoms with E-state index in [0.29, 0.717) is 28.7 Å². The van der Waals surface area contributed by atoms with Gasteiger partial charge in [0.1, 0.15) is 0 Å². The molecule has 0 spiro atoms. The summed E-state index contributed by atoms with van der Waals surface area (Å²) in [6, 6.07) is 9.76. The maximum absolute atomic E-state index is 12.2. The lowest BCUT2D eigenvalue weighted by Gasteiger charge is -2.18. The topological polar surface area (TPSA) is 34.1 Å². The number of rotatable bonds is 2. The molecule has 0 N–H and O–H groups in total. The molecule has 0 amide bonds. The molecule has 2 heteroatoms. The van der Waals surface area contributed by atoms with Crippen molar-refractivity contribution in [2.75, 3.05) is 0 Å². The van der Waals surface area contributed by atoms with Crippen LogP contribution in [0, 0.1) is 0 Å². The molecule has 2 nitrogen and oxygen atoms in total. The monoisotopic (exact) mass is 240 g/mol. The molecule has 1 aliphatic carbocycles. The van der Waals surface area contributed by atoms with Gasteiger partial charge in [-0.1, -0.05) is 30.3 Å². The van der Waals surface area contributed by atoms with Gasteiger partial charge in [-0.2, -0.15) is 0 Å². The van der Waals surface area contributed by atoms with Crippen LogP contribution in [-0.2, 0) is 16.0 Å². The molecule has 0 atom stereocenters. The van der Waals surface area contributed by atoms with Crippen molar-refractivity contribution >= 4 is 11.6 Å². The van der Waals surface area contributed by atoms with E-state index >= 15 is 0 Å². The quantitative estimate of drug-likeness (QED) is 0.745. The summed E-state index contributed by atoms with van der Waals surface area (Å²) in [7, 11) is 0. The van der Waals surface area contributed by atoms with Crippen LogP contribution in [0.3, 0.4) is 0 Å². The van der Waals surface area contributed by atoms with Crippen LogP contribution in [0.1, 0.15) is 26.3 Å². The summed E-state index contributed by atoms with van der Waals surface area (Å²) < 4.78 is 0. The Labute approximate surface area is 107 Å². The first-order valence-corrected chi connectivity index (χ1v) is 6.03. The van der Waals surface area contributed by atoms with Crippen LogP contribution in [0.2, 0.25) is 0 Å². The third-order valence-electron chi connectivity index (χ3n) is 3.53. The van der Waals surface area contributed by atoms with Gasteiger partial charge in [-0.05, 0) is 26.3 Å². The van der Waals surface area contributed by atoms with Gasteiger partial charge >= 0.3 is 0 Å². The zero-order valence-electron chi connectivity index (χ0n) is 10.9. The van der Waals surface area contributed by atoms with Gasteiger partial charge in [0, 0.05) is 28.7 Å². The summed E-state index contributed by atoms with van der Waals surface area (Å²) in [5.74, 6) is 0.00600. The average Bonchev–Trinajstić information content (AvgIpc) is 2.40. The lowest BCUT2D eigenvalue weighted by atomic mass is 9.83. The molecule has 0 unspecified atom stereocenters. The van der Waals surface area contributed by atoms with Gasteiger partial charge in [0.2, 0.25) is 0 Å². The van der Waals surface area contributed by atoms with Crippen molar-refractivity contribution < 1.29 is 9.59 Å². The number of carbonyl (C=O) groups excluding carboxylic acids is 2. The van der Waals surface area contributed by atoms with Crippen LogP contribution in [0.25, 0.3) is 0 Å². The first kappa shape index (κ1) is 12.5. The minimum Gasteiger partial charge on any atom is -0.289 e. The fraction of sp³-hybridized carbons (Fsp3) is 0.250. The van der Waals surface area contributed by atoms with Crippen LogP contribution < -0.4 is 0 Å². The molecular formula is C16H16O2. The van der Waals surface area contributed by atoms with E-state index in [9.17, 15) is 9.59 Å². The van der Waals surface area contributed by atoms with Crippen LogP contribution in [0.4, 0.5) is 0 Å². The summed E-state index contributed by atoms with van der Waals surface area (Å²) in [6.07, 6.45) is 0.530. The highest BCUT2D eigenvalue weighted by atomic mass is 16.1. The number of ketones is 2. The van der Waals surface area contributed by atoms with E-state index in [1.165, 1.54) is 0 Å². The standard InChI is InChI=1S/C16H16O2/c1-10-11(2)16(18)14(12(3)15(10)17)9-13-7-5-4-6-8-13/h4-8H,9H2,1-3H3. The number of benzene rings is 1. The molecule has 92 valence electrons. The number of carbonyl (C=O) groups is 2. The van der Waals surface area contributed by atoms with Crippen molar-refractivity contribution in [1.29, 1.82) is 0 Å². The highest BCUT2D eigenvalue weighted by molar-refractivity contribution is 6.24. The van der Waals surface area contributed by atoms with Gasteiger partial charge in [-0.15, -0.1) is 0 Å². The Balaban J connectivity index is 2.39. The van der Waals surface area contributed by atoms with Crippen molar-refractivity contribution in [2.24, 2.45) is 0 Å². The summed E-state index contributed by atoms with van der Waals surface area (Å²) in [6.45, 7) is 5.19. The molecular weight excluding hydrogens is 224 g/mol. The highest BCUT2D eigenvalue weighted by Crippen LogP contribution is 2.26. The van der Waals surface area contributed by atoms with E-state index in [1.54, 1.807) is 20.8 Å². The van der Waals surface area contributed by atoms with Gasteiger partial charge in [-0.25, -0.2) is 0 Å². The second-order valence-corrected chi connectivity index (χ2v) is 4.67. The minimum atomic E-state index is -0.00182. The molecule has 1 aliphatic rings. The van der Waals surface area contributed by atoms with Gasteiger partial charge in [-0.3, -0.25) is 9.59 Å². The number of hydrogen-bond acceptors (Lipinski definition) is 2. The Morgan fingerprint density at radius 3 is 1.94 bits per heavy atom. The van der Waals surface area contributed by atoms with E-state index < -0.39 is 0 Å². The molecule has 0 heterocycles. The van der Waals surface area contributed by atoms with Crippen molar-refractivity contribution in [3.05, 3.63) is 58.2 Å². The lowest BCUT2D eigenvalue weighted by molar-refractivity contribution is -0.116. The minimum absolute atomic E-state index is 0.00182. The molecule has 0 saturated heterocycles. The molecule has 0 fully saturated rings. The molecule has 0 radical (unpaired) electrons. The fourth-order valence-electron chi connectivity index (χ4n) is 2.17. The van der Waals surface area contributed by atoms with E-state index in [0.717, 1.165) is 5.56 Å². The second-order valence-electron chi connectivity index (χ2n) is 4.67. The van der Waals surface area contributed by atoms with Crippen LogP contribution in [0.5, 0.6) is 0 Å². The first-order valence-electron chi connectivity index (χ1n) is 6.03. The Morgan fingerprint density at radius 1 is 0.778 bits per heavy atom. The van der Waals surface area contributed by atoms with Crippen molar-refractivity contribution in [2.45, 2.75) is 27.2 Å². The molecule has 1 aromatic carbocycles. The van der Waals surface area contributed by atoms with Gasteiger partial charge in [0.15, 0.2) is 11.6 Å². The number of hydrogen-bond donors (Lipinski definition) is 0. The smallest absolute Gasteiger partial charge is 0.185 e. The molecule has 1 aromatic rings. The molecule has 0 bridgehead atoms. The normalized spacial score (nSPS) is 16.6. The summed E-state index contributed by atoms with van der Waals surface area (Å²) in [4.78, 5) is 24.2. The zero-order valence-corrected chi connectivity index (χ0v) is 10.9. The highest BCUT2D eigenvalue weighted by Gasteiger charge is 2.27. The predicted molar refractivity (Wildman–Crippen MR) is 71.2 cm³/mol. The van der Waals surface area contributed by atoms with Crippen LogP contribution in [0.15, 0.2) is 52.6 Å². The molecule has 18 heavy (non-hydrogen) atoms. The fourth-order valence-corrected chi connectivity index (χ4v) is 2.17. The van der Waals surface area contributed by atoms with Crippen molar-refractivity contribution in [3.63, 3.8) is 0 Å². The second kappa shape index (κ2) is 4.73. The summed E-state index contributed by atoms with van der Waals surface area (Å²) in [5, 5.41) is 0. The van der Waals surface area contributed by atoms with E-state index in [4.69, 9.17) is 0 Å². The molecule has 2 rings (SSSR count). The molecule has 0 aliphatic heterocycles. The Hall–Kier alpha value is -1.96. The van der Waals surface area contributed by atoms with Gasteiger partial charge < -0.3 is 0 Å². The summed E-state index contributed by atoms with van der Waals surface area (Å²) >= 11 is 0. The van der Waals surface area contributed by atoms with Gasteiger partial charge in [0.05, 0.1) is 0 Å². The molecule has 0 saturated carbocycles. The van der Waals surface area contributed by atoms with E-state index in [1.807, 2.05) is 30.3 Å². The number of allylic oxidation sites excluding steroid dienone is 4. The van der Waals surface area contributed by atoms with Crippen LogP contribution in [-0.4, -0.2) is 11.6 Å². The maximum atomic E-state index is 12.2. The lowest BCUT2D eigenvalue weighted by Crippen LogP contribution is -2.21. The van der Waals surface area contributed by atoms with E-state index in [-0.39, 0.29) is 11.6 Å². The molecule has 0 aromatic heterocycles. The maximum Gasteiger partial charge on any atom is 0.185 e. The Morgan fingerprint density at radius 2 is 1.33 bits per heavy atom. The largest absolute Gasteiger partial charge is 0.289 e. The summed E-state index contributed by atoms with van der Waals surface area (Å²) in [5.41, 5.74) is 3.44. The average molecular weight is 240 g/mol. The van der Waals surface area contributed by atoms with Gasteiger partial charge in [0.25, 0.3) is 0 Å². The van der Waals surface area contributed by atoms with Crippen molar-refractivity contribution in [3.8, 4) is 0 Å². The first-order chi connectivity index (χ1) is 8.52. The Bertz CT molecular complexity index is 574. The van der Waals surface area contributed by atoms with Crippen molar-refractivity contribution in [1.82, 2.24) is 0 Å². The Kier molecular flexibility index (Phi) is 3.28. The van der Waals surface area contributed by atoms with Crippen LogP contribution >= 0.6 is 0 Å². The predicted octanol–water partition coefficient (Wildman–Crippen LogP) is 3.03. The van der Waals surface area contributed by atoms with E-state index in [2.05, 4.69) is 0 Å². The third-order valence-corrected chi connectivity index (χ3v) is 3.53. The SMILES string of the molecule is CC1=C(C)C(=O)C(Cc2ccccc2)=C(C)C1=O. The third kappa shape index (κ3) is 2.06.